The summed E-state index contributed by atoms with van der Waals surface area (Å²) in [5.74, 6) is 0. The second kappa shape index (κ2) is 10.6. The first-order chi connectivity index (χ1) is 9.14. The Morgan fingerprint density at radius 3 is 2.05 bits per heavy atom. The summed E-state index contributed by atoms with van der Waals surface area (Å²) in [5, 5.41) is 2.42. The van der Waals surface area contributed by atoms with Crippen LogP contribution in [-0.2, 0) is 14.2 Å². The number of carbonyl (C=O) groups excluding carboxylic acids is 1. The summed E-state index contributed by atoms with van der Waals surface area (Å²) in [6.45, 7) is 11.3. The van der Waals surface area contributed by atoms with Gasteiger partial charge in [0.2, 0.25) is 0 Å². The normalized spacial score (nSPS) is 10.8. The van der Waals surface area contributed by atoms with Crippen LogP contribution in [0.3, 0.4) is 0 Å². The third kappa shape index (κ3) is 7.64. The fourth-order valence-electron chi connectivity index (χ4n) is 1.44. The monoisotopic (exact) mass is 271 g/mol. The standard InChI is InChI=1S/C14H25NO4/c1-5-8-17-10-14(7-3,11-18-9-6-2)12-19-13(16)15-4/h5-6H,1-2,7-12H2,3-4H3,(H,15,16). The predicted molar refractivity (Wildman–Crippen MR) is 75.2 cm³/mol. The molecule has 0 aliphatic heterocycles. The number of hydrogen-bond donors (Lipinski definition) is 1. The molecule has 0 unspecified atom stereocenters. The van der Waals surface area contributed by atoms with Crippen molar-refractivity contribution >= 4 is 6.09 Å². The minimum atomic E-state index is -0.453. The lowest BCUT2D eigenvalue weighted by Gasteiger charge is -2.31. The Bertz CT molecular complexity index is 265. The van der Waals surface area contributed by atoms with Crippen molar-refractivity contribution in [2.45, 2.75) is 13.3 Å². The quantitative estimate of drug-likeness (QED) is 0.462. The molecular weight excluding hydrogens is 246 g/mol. The molecule has 0 spiro atoms. The van der Waals surface area contributed by atoms with E-state index in [1.807, 2.05) is 6.92 Å². The van der Waals surface area contributed by atoms with Crippen LogP contribution in [0.15, 0.2) is 25.3 Å². The van der Waals surface area contributed by atoms with Gasteiger partial charge in [-0.3, -0.25) is 0 Å². The molecule has 0 bridgehead atoms. The van der Waals surface area contributed by atoms with Gasteiger partial charge in [-0.15, -0.1) is 13.2 Å². The average Bonchev–Trinajstić information content (AvgIpc) is 2.44. The molecule has 0 rings (SSSR count). The smallest absolute Gasteiger partial charge is 0.406 e. The van der Waals surface area contributed by atoms with Crippen LogP contribution in [-0.4, -0.2) is 46.2 Å². The Kier molecular flexibility index (Phi) is 9.84. The summed E-state index contributed by atoms with van der Waals surface area (Å²) >= 11 is 0. The van der Waals surface area contributed by atoms with Crippen LogP contribution in [0.5, 0.6) is 0 Å². The van der Waals surface area contributed by atoms with Gasteiger partial charge in [0.25, 0.3) is 0 Å². The van der Waals surface area contributed by atoms with Crippen molar-refractivity contribution in [3.05, 3.63) is 25.3 Å². The molecule has 0 aromatic heterocycles. The maximum absolute atomic E-state index is 11.2. The maximum atomic E-state index is 11.2. The van der Waals surface area contributed by atoms with Crippen molar-refractivity contribution in [2.24, 2.45) is 5.41 Å². The van der Waals surface area contributed by atoms with Crippen LogP contribution in [0.4, 0.5) is 4.79 Å². The van der Waals surface area contributed by atoms with Crippen molar-refractivity contribution in [2.75, 3.05) is 40.1 Å². The summed E-state index contributed by atoms with van der Waals surface area (Å²) in [6.07, 6.45) is 3.69. The van der Waals surface area contributed by atoms with Crippen LogP contribution < -0.4 is 5.32 Å². The molecule has 110 valence electrons. The van der Waals surface area contributed by atoms with Gasteiger partial charge >= 0.3 is 6.09 Å². The highest BCUT2D eigenvalue weighted by molar-refractivity contribution is 5.66. The van der Waals surface area contributed by atoms with Gasteiger partial charge in [-0.1, -0.05) is 19.1 Å². The zero-order valence-electron chi connectivity index (χ0n) is 11.9. The van der Waals surface area contributed by atoms with Gasteiger partial charge in [-0.2, -0.15) is 0 Å². The Morgan fingerprint density at radius 2 is 1.68 bits per heavy atom. The van der Waals surface area contributed by atoms with Gasteiger partial charge in [-0.25, -0.2) is 4.79 Å². The summed E-state index contributed by atoms with van der Waals surface area (Å²) in [5.41, 5.74) is -0.349. The number of carbonyl (C=O) groups is 1. The highest BCUT2D eigenvalue weighted by Crippen LogP contribution is 2.24. The van der Waals surface area contributed by atoms with E-state index in [4.69, 9.17) is 14.2 Å². The molecule has 0 aromatic rings. The summed E-state index contributed by atoms with van der Waals surface area (Å²) in [4.78, 5) is 11.2. The molecule has 0 radical (unpaired) electrons. The first-order valence-corrected chi connectivity index (χ1v) is 6.36. The molecule has 19 heavy (non-hydrogen) atoms. The molecule has 0 heterocycles. The number of rotatable bonds is 11. The Labute approximate surface area is 115 Å². The van der Waals surface area contributed by atoms with E-state index in [2.05, 4.69) is 18.5 Å². The molecule has 0 saturated heterocycles. The molecule has 5 heteroatoms. The average molecular weight is 271 g/mol. The molecule has 1 amide bonds. The van der Waals surface area contributed by atoms with E-state index < -0.39 is 6.09 Å². The van der Waals surface area contributed by atoms with Crippen LogP contribution in [0, 0.1) is 5.41 Å². The van der Waals surface area contributed by atoms with E-state index in [-0.39, 0.29) is 12.0 Å². The Morgan fingerprint density at radius 1 is 1.16 bits per heavy atom. The molecule has 0 fully saturated rings. The fourth-order valence-corrected chi connectivity index (χ4v) is 1.44. The van der Waals surface area contributed by atoms with Crippen molar-refractivity contribution in [1.82, 2.24) is 5.32 Å². The minimum Gasteiger partial charge on any atom is -0.449 e. The summed E-state index contributed by atoms with van der Waals surface area (Å²) in [6, 6.07) is 0. The topological polar surface area (TPSA) is 56.8 Å². The first kappa shape index (κ1) is 17.7. The van der Waals surface area contributed by atoms with E-state index in [9.17, 15) is 4.79 Å². The number of alkyl carbamates (subject to hydrolysis) is 1. The second-order valence-corrected chi connectivity index (χ2v) is 4.29. The van der Waals surface area contributed by atoms with Crippen LogP contribution in [0.2, 0.25) is 0 Å². The van der Waals surface area contributed by atoms with Crippen molar-refractivity contribution in [1.29, 1.82) is 0 Å². The molecule has 0 atom stereocenters. The van der Waals surface area contributed by atoms with Gasteiger partial charge in [0, 0.05) is 7.05 Å². The lowest BCUT2D eigenvalue weighted by molar-refractivity contribution is -0.0458. The summed E-state index contributed by atoms with van der Waals surface area (Å²) < 4.78 is 16.1. The zero-order chi connectivity index (χ0) is 14.6. The number of hydrogen-bond acceptors (Lipinski definition) is 4. The van der Waals surface area contributed by atoms with E-state index in [1.54, 1.807) is 12.2 Å². The highest BCUT2D eigenvalue weighted by atomic mass is 16.6. The second-order valence-electron chi connectivity index (χ2n) is 4.29. The molecule has 0 aromatic carbocycles. The van der Waals surface area contributed by atoms with Gasteiger partial charge in [0.05, 0.1) is 31.8 Å². The van der Waals surface area contributed by atoms with E-state index in [0.29, 0.717) is 26.4 Å². The van der Waals surface area contributed by atoms with Crippen LogP contribution in [0.25, 0.3) is 0 Å². The van der Waals surface area contributed by atoms with Crippen LogP contribution >= 0.6 is 0 Å². The van der Waals surface area contributed by atoms with E-state index in [1.165, 1.54) is 7.05 Å². The molecular formula is C14H25NO4. The minimum absolute atomic E-state index is 0.247. The molecule has 0 saturated carbocycles. The molecule has 1 N–H and O–H groups in total. The van der Waals surface area contributed by atoms with E-state index in [0.717, 1.165) is 6.42 Å². The zero-order valence-corrected chi connectivity index (χ0v) is 11.9. The first-order valence-electron chi connectivity index (χ1n) is 6.36. The highest BCUT2D eigenvalue weighted by Gasteiger charge is 2.31. The number of amides is 1. The predicted octanol–water partition coefficient (Wildman–Crippen LogP) is 2.14. The third-order valence-electron chi connectivity index (χ3n) is 2.75. The van der Waals surface area contributed by atoms with Gasteiger partial charge in [0.15, 0.2) is 0 Å². The maximum Gasteiger partial charge on any atom is 0.406 e. The van der Waals surface area contributed by atoms with Gasteiger partial charge < -0.3 is 19.5 Å². The third-order valence-corrected chi connectivity index (χ3v) is 2.75. The molecule has 5 nitrogen and oxygen atoms in total. The SMILES string of the molecule is C=CCOCC(CC)(COCC=C)COC(=O)NC. The summed E-state index contributed by atoms with van der Waals surface area (Å²) in [7, 11) is 1.53. The van der Waals surface area contributed by atoms with Crippen molar-refractivity contribution in [3.8, 4) is 0 Å². The molecule has 0 aliphatic rings. The fraction of sp³-hybridized carbons (Fsp3) is 0.643. The lowest BCUT2D eigenvalue weighted by atomic mass is 9.88. The number of ether oxygens (including phenoxy) is 3. The van der Waals surface area contributed by atoms with Crippen molar-refractivity contribution in [3.63, 3.8) is 0 Å². The lowest BCUT2D eigenvalue weighted by Crippen LogP contribution is -2.38. The molecule has 0 aliphatic carbocycles. The number of nitrogens with one attached hydrogen (secondary N) is 1. The van der Waals surface area contributed by atoms with Gasteiger partial charge in [0.1, 0.15) is 6.61 Å². The van der Waals surface area contributed by atoms with Crippen molar-refractivity contribution < 1.29 is 19.0 Å². The van der Waals surface area contributed by atoms with E-state index >= 15 is 0 Å². The Hall–Kier alpha value is -1.33. The largest absolute Gasteiger partial charge is 0.449 e. The Balaban J connectivity index is 4.48. The van der Waals surface area contributed by atoms with Gasteiger partial charge in [-0.05, 0) is 6.42 Å². The van der Waals surface area contributed by atoms with Crippen LogP contribution in [0.1, 0.15) is 13.3 Å².